The minimum Gasteiger partial charge on any atom is -0.367 e. The number of nitrogens with one attached hydrogen (secondary N) is 1. The quantitative estimate of drug-likeness (QED) is 0.880. The molecule has 0 aromatic carbocycles. The number of imidazole rings is 1. The van der Waals surface area contributed by atoms with Gasteiger partial charge in [0.2, 0.25) is 0 Å². The molecule has 2 aromatic rings. The van der Waals surface area contributed by atoms with Crippen LogP contribution in [0.2, 0.25) is 0 Å². The maximum absolute atomic E-state index is 12.5. The van der Waals surface area contributed by atoms with Gasteiger partial charge in [0.25, 0.3) is 10.0 Å². The average Bonchev–Trinajstić information content (AvgIpc) is 2.96. The molecule has 1 aliphatic heterocycles. The van der Waals surface area contributed by atoms with Gasteiger partial charge in [-0.05, 0) is 18.9 Å². The van der Waals surface area contributed by atoms with Gasteiger partial charge >= 0.3 is 0 Å². The van der Waals surface area contributed by atoms with E-state index in [0.717, 1.165) is 18.7 Å². The molecule has 1 N–H and O–H groups in total. The van der Waals surface area contributed by atoms with Gasteiger partial charge in [-0.25, -0.2) is 23.4 Å². The summed E-state index contributed by atoms with van der Waals surface area (Å²) in [6.45, 7) is 0.948. The van der Waals surface area contributed by atoms with Crippen molar-refractivity contribution in [2.45, 2.75) is 23.9 Å². The van der Waals surface area contributed by atoms with E-state index < -0.39 is 10.0 Å². The second-order valence-electron chi connectivity index (χ2n) is 5.29. The molecule has 1 fully saturated rings. The molecule has 0 spiro atoms. The molecule has 0 atom stereocenters. The monoisotopic (exact) mass is 322 g/mol. The number of hydrogen-bond acceptors (Lipinski definition) is 6. The Morgan fingerprint density at radius 3 is 2.64 bits per heavy atom. The predicted molar refractivity (Wildman–Crippen MR) is 80.6 cm³/mol. The summed E-state index contributed by atoms with van der Waals surface area (Å²) >= 11 is 0. The lowest BCUT2D eigenvalue weighted by molar-refractivity contribution is 0.328. The Balaban J connectivity index is 1.62. The number of anilines is 1. The molecule has 0 amide bonds. The molecule has 8 nitrogen and oxygen atoms in total. The number of sulfonamides is 1. The second-order valence-corrected chi connectivity index (χ2v) is 7.18. The highest BCUT2D eigenvalue weighted by atomic mass is 32.2. The Bertz CT molecular complexity index is 722. The first-order valence-electron chi connectivity index (χ1n) is 7.06. The molecule has 0 aliphatic carbocycles. The van der Waals surface area contributed by atoms with Gasteiger partial charge in [0.1, 0.15) is 12.1 Å². The Kier molecular flexibility index (Phi) is 4.08. The summed E-state index contributed by atoms with van der Waals surface area (Å²) in [5.74, 6) is 0.765. The zero-order chi connectivity index (χ0) is 15.6. The number of hydrogen-bond donors (Lipinski definition) is 1. The fourth-order valence-corrected chi connectivity index (χ4v) is 3.92. The van der Waals surface area contributed by atoms with E-state index in [1.807, 2.05) is 0 Å². The van der Waals surface area contributed by atoms with E-state index in [2.05, 4.69) is 20.3 Å². The van der Waals surface area contributed by atoms with E-state index in [9.17, 15) is 8.42 Å². The molecule has 1 saturated heterocycles. The van der Waals surface area contributed by atoms with Crippen molar-refractivity contribution in [1.82, 2.24) is 23.8 Å². The van der Waals surface area contributed by atoms with Crippen LogP contribution in [0.15, 0.2) is 36.1 Å². The summed E-state index contributed by atoms with van der Waals surface area (Å²) in [4.78, 5) is 11.9. The molecule has 0 bridgehead atoms. The van der Waals surface area contributed by atoms with Gasteiger partial charge in [-0.3, -0.25) is 0 Å². The van der Waals surface area contributed by atoms with Crippen LogP contribution in [0.3, 0.4) is 0 Å². The van der Waals surface area contributed by atoms with Gasteiger partial charge < -0.3 is 9.88 Å². The van der Waals surface area contributed by atoms with Gasteiger partial charge in [-0.2, -0.15) is 4.31 Å². The first-order chi connectivity index (χ1) is 10.6. The third kappa shape index (κ3) is 3.09. The molecular formula is C13H18N6O2S. The van der Waals surface area contributed by atoms with Crippen LogP contribution in [0.5, 0.6) is 0 Å². The molecule has 0 radical (unpaired) electrons. The van der Waals surface area contributed by atoms with Crippen LogP contribution < -0.4 is 5.32 Å². The minimum atomic E-state index is -3.49. The Labute approximate surface area is 129 Å². The Morgan fingerprint density at radius 2 is 2.05 bits per heavy atom. The molecule has 3 rings (SSSR count). The largest absolute Gasteiger partial charge is 0.367 e. The molecule has 118 valence electrons. The van der Waals surface area contributed by atoms with Crippen LogP contribution in [0.25, 0.3) is 0 Å². The van der Waals surface area contributed by atoms with Gasteiger partial charge in [-0.15, -0.1) is 0 Å². The Morgan fingerprint density at radius 1 is 1.27 bits per heavy atom. The molecule has 2 aromatic heterocycles. The van der Waals surface area contributed by atoms with Crippen LogP contribution in [0.4, 0.5) is 5.82 Å². The first kappa shape index (κ1) is 14.9. The molecular weight excluding hydrogens is 304 g/mol. The summed E-state index contributed by atoms with van der Waals surface area (Å²) in [7, 11) is -1.74. The SMILES string of the molecule is Cn1cnc(S(=O)(=O)N2CCC(Nc3ccncn3)CC2)c1. The molecule has 0 unspecified atom stereocenters. The van der Waals surface area contributed by atoms with Crippen molar-refractivity contribution in [3.8, 4) is 0 Å². The van der Waals surface area contributed by atoms with Crippen molar-refractivity contribution in [2.75, 3.05) is 18.4 Å². The molecule has 9 heteroatoms. The standard InChI is InChI=1S/C13H18N6O2S/c1-18-8-13(16-10-18)22(20,21)19-6-3-11(4-7-19)17-12-2-5-14-9-15-12/h2,5,8-11H,3-4,6-7H2,1H3,(H,14,15,17). The van der Waals surface area contributed by atoms with Crippen molar-refractivity contribution in [3.05, 3.63) is 31.1 Å². The highest BCUT2D eigenvalue weighted by Gasteiger charge is 2.30. The molecule has 0 saturated carbocycles. The maximum atomic E-state index is 12.5. The summed E-state index contributed by atoms with van der Waals surface area (Å²) in [5.41, 5.74) is 0. The summed E-state index contributed by atoms with van der Waals surface area (Å²) in [6.07, 6.45) is 7.65. The van der Waals surface area contributed by atoms with E-state index in [4.69, 9.17) is 0 Å². The molecule has 1 aliphatic rings. The summed E-state index contributed by atoms with van der Waals surface area (Å²) < 4.78 is 28.1. The number of aromatic nitrogens is 4. The van der Waals surface area contributed by atoms with E-state index in [1.54, 1.807) is 23.9 Å². The van der Waals surface area contributed by atoms with Crippen LogP contribution in [0, 0.1) is 0 Å². The number of aryl methyl sites for hydroxylation is 1. The topological polar surface area (TPSA) is 93.0 Å². The third-order valence-corrected chi connectivity index (χ3v) is 5.46. The zero-order valence-corrected chi connectivity index (χ0v) is 13.1. The van der Waals surface area contributed by atoms with E-state index in [1.165, 1.54) is 23.2 Å². The van der Waals surface area contributed by atoms with Gasteiger partial charge in [0, 0.05) is 38.6 Å². The van der Waals surface area contributed by atoms with Crippen LogP contribution in [-0.2, 0) is 17.1 Å². The van der Waals surface area contributed by atoms with Crippen molar-refractivity contribution >= 4 is 15.8 Å². The highest BCUT2D eigenvalue weighted by molar-refractivity contribution is 7.89. The van der Waals surface area contributed by atoms with Crippen molar-refractivity contribution in [1.29, 1.82) is 0 Å². The molecule has 3 heterocycles. The lowest BCUT2D eigenvalue weighted by atomic mass is 10.1. The lowest BCUT2D eigenvalue weighted by Crippen LogP contribution is -2.42. The fourth-order valence-electron chi connectivity index (χ4n) is 2.48. The Hall–Kier alpha value is -2.00. The van der Waals surface area contributed by atoms with Crippen LogP contribution >= 0.6 is 0 Å². The number of nitrogens with zero attached hydrogens (tertiary/aromatic N) is 5. The summed E-state index contributed by atoms with van der Waals surface area (Å²) in [5, 5.41) is 3.41. The highest BCUT2D eigenvalue weighted by Crippen LogP contribution is 2.21. The summed E-state index contributed by atoms with van der Waals surface area (Å²) in [6, 6.07) is 2.02. The zero-order valence-electron chi connectivity index (χ0n) is 12.3. The second kappa shape index (κ2) is 6.01. The number of rotatable bonds is 4. The van der Waals surface area contributed by atoms with Crippen LogP contribution in [-0.4, -0.2) is 51.4 Å². The van der Waals surface area contributed by atoms with Gasteiger partial charge in [0.15, 0.2) is 5.03 Å². The minimum absolute atomic E-state index is 0.109. The van der Waals surface area contributed by atoms with Crippen LogP contribution in [0.1, 0.15) is 12.8 Å². The van der Waals surface area contributed by atoms with Crippen molar-refractivity contribution < 1.29 is 8.42 Å². The van der Waals surface area contributed by atoms with Gasteiger partial charge in [0.05, 0.1) is 6.33 Å². The van der Waals surface area contributed by atoms with E-state index in [-0.39, 0.29) is 11.1 Å². The normalized spacial score (nSPS) is 17.5. The maximum Gasteiger partial charge on any atom is 0.262 e. The average molecular weight is 322 g/mol. The predicted octanol–water partition coefficient (Wildman–Crippen LogP) is 0.475. The lowest BCUT2D eigenvalue weighted by Gasteiger charge is -2.31. The van der Waals surface area contributed by atoms with Crippen molar-refractivity contribution in [2.24, 2.45) is 7.05 Å². The molecule has 22 heavy (non-hydrogen) atoms. The fraction of sp³-hybridized carbons (Fsp3) is 0.462. The van der Waals surface area contributed by atoms with Crippen molar-refractivity contribution in [3.63, 3.8) is 0 Å². The van der Waals surface area contributed by atoms with E-state index >= 15 is 0 Å². The van der Waals surface area contributed by atoms with E-state index in [0.29, 0.717) is 13.1 Å². The third-order valence-electron chi connectivity index (χ3n) is 3.67. The van der Waals surface area contributed by atoms with Gasteiger partial charge in [-0.1, -0.05) is 0 Å². The smallest absolute Gasteiger partial charge is 0.262 e. The first-order valence-corrected chi connectivity index (χ1v) is 8.50. The number of piperidine rings is 1.